The second-order valence-corrected chi connectivity index (χ2v) is 8.29. The van der Waals surface area contributed by atoms with E-state index in [4.69, 9.17) is 4.74 Å². The Morgan fingerprint density at radius 2 is 1.97 bits per heavy atom. The van der Waals surface area contributed by atoms with Crippen LogP contribution in [0.3, 0.4) is 0 Å². The lowest BCUT2D eigenvalue weighted by Crippen LogP contribution is -2.64. The first-order chi connectivity index (χ1) is 15.0. The van der Waals surface area contributed by atoms with Crippen LogP contribution in [0.4, 0.5) is 4.39 Å². The number of amides is 1. The molecule has 1 amide bonds. The fourth-order valence-electron chi connectivity index (χ4n) is 4.62. The number of carbonyl (C=O) groups excluding carboxylic acids is 1. The summed E-state index contributed by atoms with van der Waals surface area (Å²) < 4.78 is 19.0. The molecule has 31 heavy (non-hydrogen) atoms. The van der Waals surface area contributed by atoms with Crippen molar-refractivity contribution in [1.29, 1.82) is 0 Å². The second kappa shape index (κ2) is 7.72. The number of hydrogen-bond donors (Lipinski definition) is 0. The number of hydrogen-bond acceptors (Lipinski definition) is 6. The van der Waals surface area contributed by atoms with Gasteiger partial charge < -0.3 is 9.64 Å². The molecule has 0 unspecified atom stereocenters. The molecule has 2 bridgehead atoms. The van der Waals surface area contributed by atoms with Crippen molar-refractivity contribution in [2.75, 3.05) is 6.61 Å². The third kappa shape index (κ3) is 3.54. The summed E-state index contributed by atoms with van der Waals surface area (Å²) in [6.07, 6.45) is 6.23. The van der Waals surface area contributed by atoms with Gasteiger partial charge in [0.15, 0.2) is 5.69 Å². The summed E-state index contributed by atoms with van der Waals surface area (Å²) in [5, 5.41) is 8.36. The summed E-state index contributed by atoms with van der Waals surface area (Å²) in [6.45, 7) is 4.31. The van der Waals surface area contributed by atoms with Crippen LogP contribution in [0.1, 0.15) is 35.9 Å². The predicted molar refractivity (Wildman–Crippen MR) is 109 cm³/mol. The molecule has 0 N–H and O–H groups in total. The van der Waals surface area contributed by atoms with Gasteiger partial charge in [-0.2, -0.15) is 10.2 Å². The van der Waals surface area contributed by atoms with E-state index in [-0.39, 0.29) is 23.9 Å². The molecule has 1 aliphatic carbocycles. The summed E-state index contributed by atoms with van der Waals surface area (Å²) in [4.78, 5) is 25.7. The molecule has 2 saturated heterocycles. The highest BCUT2D eigenvalue weighted by Crippen LogP contribution is 2.47. The van der Waals surface area contributed by atoms with E-state index in [1.165, 1.54) is 16.9 Å². The van der Waals surface area contributed by atoms with Gasteiger partial charge in [0.05, 0.1) is 24.6 Å². The third-order valence-electron chi connectivity index (χ3n) is 6.44. The number of carbonyl (C=O) groups is 1. The Labute approximate surface area is 179 Å². The predicted octanol–water partition coefficient (Wildman–Crippen LogP) is 2.82. The standard InChI is InChI=1S/C22H23FN6O2/c1-13-3-5-18(29-25-7-8-26-29)21(27-13)22(30)28-17-9-15(10-17)14(2)19(28)12-31-20-6-4-16(23)11-24-20/h3-8,11,14-15,17,19H,9-10,12H2,1-2H3/t14-,15?,17?,19-/m1/s1. The number of fused-ring (bicyclic) bond motifs is 2. The zero-order valence-electron chi connectivity index (χ0n) is 17.3. The van der Waals surface area contributed by atoms with Gasteiger partial charge in [-0.25, -0.2) is 14.4 Å². The molecule has 6 rings (SSSR count). The Morgan fingerprint density at radius 1 is 1.19 bits per heavy atom. The number of aromatic nitrogens is 5. The number of aryl methyl sites for hydroxylation is 1. The topological polar surface area (TPSA) is 86.0 Å². The first-order valence-corrected chi connectivity index (χ1v) is 10.4. The molecule has 160 valence electrons. The van der Waals surface area contributed by atoms with Crippen molar-refractivity contribution in [3.05, 3.63) is 60.1 Å². The van der Waals surface area contributed by atoms with E-state index in [1.54, 1.807) is 12.4 Å². The van der Waals surface area contributed by atoms with E-state index in [9.17, 15) is 9.18 Å². The average Bonchev–Trinajstić information content (AvgIpc) is 3.27. The quantitative estimate of drug-likeness (QED) is 0.629. The fourth-order valence-corrected chi connectivity index (χ4v) is 4.62. The summed E-state index contributed by atoms with van der Waals surface area (Å²) in [5.41, 5.74) is 1.63. The van der Waals surface area contributed by atoms with Gasteiger partial charge in [-0.3, -0.25) is 4.79 Å². The number of pyridine rings is 2. The molecule has 0 aromatic carbocycles. The molecule has 0 spiro atoms. The lowest BCUT2D eigenvalue weighted by atomic mass is 9.64. The summed E-state index contributed by atoms with van der Waals surface area (Å²) in [5.74, 6) is 0.621. The van der Waals surface area contributed by atoms with Crippen molar-refractivity contribution in [3.63, 3.8) is 0 Å². The number of rotatable bonds is 5. The maximum atomic E-state index is 13.8. The highest BCUT2D eigenvalue weighted by atomic mass is 19.1. The minimum atomic E-state index is -0.415. The van der Waals surface area contributed by atoms with E-state index >= 15 is 0 Å². The van der Waals surface area contributed by atoms with Crippen molar-refractivity contribution >= 4 is 5.91 Å². The molecule has 3 fully saturated rings. The molecule has 0 radical (unpaired) electrons. The Morgan fingerprint density at radius 3 is 2.68 bits per heavy atom. The van der Waals surface area contributed by atoms with Gasteiger partial charge >= 0.3 is 0 Å². The van der Waals surface area contributed by atoms with Gasteiger partial charge in [0.1, 0.15) is 18.1 Å². The molecule has 2 atom stereocenters. The largest absolute Gasteiger partial charge is 0.475 e. The van der Waals surface area contributed by atoms with Crippen molar-refractivity contribution < 1.29 is 13.9 Å². The molecule has 9 heteroatoms. The van der Waals surface area contributed by atoms with Crippen molar-refractivity contribution in [2.24, 2.45) is 11.8 Å². The molecular formula is C22H23FN6O2. The van der Waals surface area contributed by atoms with Crippen molar-refractivity contribution in [1.82, 2.24) is 29.9 Å². The molecular weight excluding hydrogens is 399 g/mol. The van der Waals surface area contributed by atoms with Crippen LogP contribution >= 0.6 is 0 Å². The Balaban J connectivity index is 1.45. The molecule has 2 aliphatic heterocycles. The summed E-state index contributed by atoms with van der Waals surface area (Å²) in [7, 11) is 0. The smallest absolute Gasteiger partial charge is 0.275 e. The number of ether oxygens (including phenoxy) is 1. The first kappa shape index (κ1) is 19.6. The van der Waals surface area contributed by atoms with Gasteiger partial charge in [-0.05, 0) is 49.8 Å². The van der Waals surface area contributed by atoms with Crippen molar-refractivity contribution in [3.8, 4) is 11.6 Å². The van der Waals surface area contributed by atoms with Gasteiger partial charge in [0, 0.05) is 17.8 Å². The summed E-state index contributed by atoms with van der Waals surface area (Å²) in [6, 6.07) is 6.50. The number of halogens is 1. The molecule has 3 aromatic rings. The van der Waals surface area contributed by atoms with Crippen LogP contribution in [0.15, 0.2) is 42.9 Å². The maximum Gasteiger partial charge on any atom is 0.275 e. The van der Waals surface area contributed by atoms with E-state index in [2.05, 4.69) is 27.1 Å². The van der Waals surface area contributed by atoms with E-state index in [1.807, 2.05) is 24.0 Å². The highest BCUT2D eigenvalue weighted by molar-refractivity contribution is 5.96. The van der Waals surface area contributed by atoms with E-state index in [0.717, 1.165) is 24.7 Å². The van der Waals surface area contributed by atoms with Gasteiger partial charge in [0.25, 0.3) is 5.91 Å². The lowest BCUT2D eigenvalue weighted by molar-refractivity contribution is -0.0677. The van der Waals surface area contributed by atoms with Crippen molar-refractivity contribution in [2.45, 2.75) is 38.8 Å². The molecule has 3 aliphatic rings. The maximum absolute atomic E-state index is 13.8. The van der Waals surface area contributed by atoms with Gasteiger partial charge in [-0.15, -0.1) is 4.80 Å². The third-order valence-corrected chi connectivity index (χ3v) is 6.44. The molecule has 3 aromatic heterocycles. The number of nitrogens with zero attached hydrogens (tertiary/aromatic N) is 6. The Kier molecular flexibility index (Phi) is 4.88. The van der Waals surface area contributed by atoms with Crippen LogP contribution in [0.5, 0.6) is 5.88 Å². The number of piperidine rings is 2. The van der Waals surface area contributed by atoms with Crippen LogP contribution in [-0.2, 0) is 0 Å². The van der Waals surface area contributed by atoms with Gasteiger partial charge in [-0.1, -0.05) is 6.92 Å². The zero-order valence-corrected chi connectivity index (χ0v) is 17.3. The molecule has 8 nitrogen and oxygen atoms in total. The van der Waals surface area contributed by atoms with Crippen LogP contribution in [0.25, 0.3) is 5.69 Å². The molecule has 1 saturated carbocycles. The van der Waals surface area contributed by atoms with Crippen LogP contribution < -0.4 is 4.74 Å². The average molecular weight is 422 g/mol. The lowest BCUT2D eigenvalue weighted by Gasteiger charge is -2.57. The highest BCUT2D eigenvalue weighted by Gasteiger charge is 2.51. The van der Waals surface area contributed by atoms with Gasteiger partial charge in [0.2, 0.25) is 5.88 Å². The monoisotopic (exact) mass is 422 g/mol. The summed E-state index contributed by atoms with van der Waals surface area (Å²) >= 11 is 0. The van der Waals surface area contributed by atoms with E-state index in [0.29, 0.717) is 29.8 Å². The second-order valence-electron chi connectivity index (χ2n) is 8.29. The minimum absolute atomic E-state index is 0.127. The minimum Gasteiger partial charge on any atom is -0.475 e. The Hall–Kier alpha value is -3.36. The fraction of sp³-hybridized carbons (Fsp3) is 0.409. The first-order valence-electron chi connectivity index (χ1n) is 10.4. The Bertz CT molecular complexity index is 1080. The van der Waals surface area contributed by atoms with E-state index < -0.39 is 5.82 Å². The zero-order chi connectivity index (χ0) is 21.5. The SMILES string of the molecule is Cc1ccc(-n2nccn2)c(C(=O)N2C3CC(C3)[C@@H](C)[C@H]2COc2ccc(F)cn2)n1. The van der Waals surface area contributed by atoms with Crippen LogP contribution in [0.2, 0.25) is 0 Å². The van der Waals surface area contributed by atoms with Crippen LogP contribution in [-0.4, -0.2) is 54.5 Å². The van der Waals surface area contributed by atoms with Crippen LogP contribution in [0, 0.1) is 24.6 Å². The normalized spacial score (nSPS) is 24.5. The molecule has 5 heterocycles.